The van der Waals surface area contributed by atoms with Gasteiger partial charge in [-0.3, -0.25) is 0 Å². The Labute approximate surface area is 125 Å². The van der Waals surface area contributed by atoms with Crippen molar-refractivity contribution in [3.63, 3.8) is 0 Å². The summed E-state index contributed by atoms with van der Waals surface area (Å²) in [5, 5.41) is 0. The van der Waals surface area contributed by atoms with Gasteiger partial charge in [0.1, 0.15) is 5.82 Å². The number of benzene rings is 2. The van der Waals surface area contributed by atoms with Gasteiger partial charge in [0.2, 0.25) is 0 Å². The fourth-order valence-electron chi connectivity index (χ4n) is 2.93. The largest absolute Gasteiger partial charge is 0.416 e. The molecule has 1 saturated carbocycles. The van der Waals surface area contributed by atoms with E-state index in [2.05, 4.69) is 9.97 Å². The Hall–Kier alpha value is -2.30. The molecule has 1 fully saturated rings. The van der Waals surface area contributed by atoms with Gasteiger partial charge in [-0.2, -0.15) is 13.2 Å². The minimum atomic E-state index is -4.28. The third-order valence-electron chi connectivity index (χ3n) is 4.22. The molecule has 0 saturated heterocycles. The Bertz CT molecular complexity index is 785. The van der Waals surface area contributed by atoms with Gasteiger partial charge in [0, 0.05) is 5.92 Å². The van der Waals surface area contributed by atoms with E-state index in [1.165, 1.54) is 0 Å². The van der Waals surface area contributed by atoms with Crippen LogP contribution in [0.4, 0.5) is 13.2 Å². The maximum atomic E-state index is 12.6. The molecule has 22 heavy (non-hydrogen) atoms. The zero-order valence-corrected chi connectivity index (χ0v) is 11.6. The van der Waals surface area contributed by atoms with E-state index < -0.39 is 11.7 Å². The molecular weight excluding hydrogens is 289 g/mol. The number of aromatic amines is 1. The molecule has 0 unspecified atom stereocenters. The highest BCUT2D eigenvalue weighted by atomic mass is 19.4. The van der Waals surface area contributed by atoms with Crippen molar-refractivity contribution in [2.24, 2.45) is 0 Å². The lowest BCUT2D eigenvalue weighted by Crippen LogP contribution is -2.04. The Morgan fingerprint density at radius 2 is 1.68 bits per heavy atom. The number of rotatable bonds is 2. The summed E-state index contributed by atoms with van der Waals surface area (Å²) in [4.78, 5) is 7.87. The van der Waals surface area contributed by atoms with Crippen molar-refractivity contribution < 1.29 is 13.2 Å². The zero-order chi connectivity index (χ0) is 15.3. The van der Waals surface area contributed by atoms with E-state index >= 15 is 0 Å². The number of hydrogen-bond acceptors (Lipinski definition) is 1. The second-order valence-corrected chi connectivity index (χ2v) is 5.71. The number of para-hydroxylation sites is 2. The highest BCUT2D eigenvalue weighted by Gasteiger charge is 2.42. The fourth-order valence-corrected chi connectivity index (χ4v) is 2.93. The molecule has 4 rings (SSSR count). The van der Waals surface area contributed by atoms with Crippen LogP contribution in [0, 0.1) is 0 Å². The molecule has 2 aromatic carbocycles. The van der Waals surface area contributed by atoms with E-state index in [9.17, 15) is 13.2 Å². The Morgan fingerprint density at radius 3 is 2.36 bits per heavy atom. The van der Waals surface area contributed by atoms with Crippen molar-refractivity contribution in [3.8, 4) is 0 Å². The quantitative estimate of drug-likeness (QED) is 0.720. The van der Waals surface area contributed by atoms with Gasteiger partial charge in [-0.15, -0.1) is 0 Å². The predicted octanol–water partition coefficient (Wildman–Crippen LogP) is 4.85. The van der Waals surface area contributed by atoms with Crippen LogP contribution in [0.25, 0.3) is 11.0 Å². The number of imidazole rings is 1. The molecule has 2 atom stereocenters. The van der Waals surface area contributed by atoms with E-state index in [-0.39, 0.29) is 11.8 Å². The van der Waals surface area contributed by atoms with Crippen molar-refractivity contribution in [3.05, 3.63) is 65.5 Å². The van der Waals surface area contributed by atoms with E-state index in [4.69, 9.17) is 0 Å². The Morgan fingerprint density at radius 1 is 0.955 bits per heavy atom. The number of fused-ring (bicyclic) bond motifs is 1. The number of aromatic nitrogens is 2. The van der Waals surface area contributed by atoms with Crippen LogP contribution in [0.1, 0.15) is 35.2 Å². The molecule has 0 radical (unpaired) electrons. The summed E-state index contributed by atoms with van der Waals surface area (Å²) in [6.07, 6.45) is -3.36. The molecule has 0 bridgehead atoms. The minimum Gasteiger partial charge on any atom is -0.342 e. The van der Waals surface area contributed by atoms with Gasteiger partial charge >= 0.3 is 6.18 Å². The summed E-state index contributed by atoms with van der Waals surface area (Å²) in [5.41, 5.74) is 2.27. The van der Waals surface area contributed by atoms with Crippen LogP contribution < -0.4 is 0 Å². The Kier molecular flexibility index (Phi) is 2.79. The first-order valence-electron chi connectivity index (χ1n) is 7.14. The summed E-state index contributed by atoms with van der Waals surface area (Å²) in [6, 6.07) is 13.3. The summed E-state index contributed by atoms with van der Waals surface area (Å²) < 4.78 is 37.7. The number of halogens is 3. The topological polar surface area (TPSA) is 28.7 Å². The molecule has 1 aliphatic carbocycles. The molecule has 1 N–H and O–H groups in total. The van der Waals surface area contributed by atoms with Crippen molar-refractivity contribution in [2.45, 2.75) is 24.4 Å². The maximum Gasteiger partial charge on any atom is 0.416 e. The third-order valence-corrected chi connectivity index (χ3v) is 4.22. The number of nitrogens with one attached hydrogen (secondary N) is 1. The highest BCUT2D eigenvalue weighted by molar-refractivity contribution is 5.75. The summed E-state index contributed by atoms with van der Waals surface area (Å²) in [7, 11) is 0. The Balaban J connectivity index is 1.56. The van der Waals surface area contributed by atoms with Gasteiger partial charge in [0.05, 0.1) is 16.6 Å². The molecule has 0 aliphatic heterocycles. The van der Waals surface area contributed by atoms with Crippen molar-refractivity contribution in [2.75, 3.05) is 0 Å². The first kappa shape index (κ1) is 13.4. The molecule has 2 nitrogen and oxygen atoms in total. The van der Waals surface area contributed by atoms with Gasteiger partial charge in [0.15, 0.2) is 0 Å². The van der Waals surface area contributed by atoms with Gasteiger partial charge in [-0.25, -0.2) is 4.98 Å². The summed E-state index contributed by atoms with van der Waals surface area (Å²) >= 11 is 0. The van der Waals surface area contributed by atoms with Crippen molar-refractivity contribution in [1.82, 2.24) is 9.97 Å². The molecule has 112 valence electrons. The van der Waals surface area contributed by atoms with Gasteiger partial charge in [0.25, 0.3) is 0 Å². The van der Waals surface area contributed by atoms with Crippen LogP contribution in [-0.2, 0) is 6.18 Å². The van der Waals surface area contributed by atoms with Gasteiger partial charge in [-0.05, 0) is 42.2 Å². The molecule has 0 amide bonds. The lowest BCUT2D eigenvalue weighted by atomic mass is 10.1. The lowest BCUT2D eigenvalue weighted by Gasteiger charge is -2.07. The van der Waals surface area contributed by atoms with Crippen molar-refractivity contribution >= 4 is 11.0 Å². The second-order valence-electron chi connectivity index (χ2n) is 5.71. The van der Waals surface area contributed by atoms with E-state index in [0.717, 1.165) is 41.0 Å². The standard InChI is InChI=1S/C17H13F3N2/c18-17(19,20)11-7-5-10(6-8-11)12-9-13(12)16-21-14-3-1-2-4-15(14)22-16/h1-8,12-13H,9H2,(H,21,22)/t12-,13-/m0/s1. The second kappa shape index (κ2) is 4.60. The molecule has 5 heteroatoms. The SMILES string of the molecule is FC(F)(F)c1ccc([C@@H]2C[C@@H]2c2nc3ccccc3[nH]2)cc1. The van der Waals surface area contributed by atoms with Gasteiger partial charge < -0.3 is 4.98 Å². The molecule has 1 heterocycles. The molecule has 0 spiro atoms. The molecule has 1 aromatic heterocycles. The van der Waals surface area contributed by atoms with Crippen LogP contribution in [0.15, 0.2) is 48.5 Å². The number of nitrogens with zero attached hydrogens (tertiary/aromatic N) is 1. The van der Waals surface area contributed by atoms with Crippen LogP contribution in [0.2, 0.25) is 0 Å². The highest BCUT2D eigenvalue weighted by Crippen LogP contribution is 2.54. The average molecular weight is 302 g/mol. The van der Waals surface area contributed by atoms with Crippen LogP contribution in [0.5, 0.6) is 0 Å². The van der Waals surface area contributed by atoms with Gasteiger partial charge in [-0.1, -0.05) is 24.3 Å². The number of alkyl halides is 3. The smallest absolute Gasteiger partial charge is 0.342 e. The maximum absolute atomic E-state index is 12.6. The fraction of sp³-hybridized carbons (Fsp3) is 0.235. The molecule has 1 aliphatic rings. The minimum absolute atomic E-state index is 0.253. The first-order chi connectivity index (χ1) is 10.5. The van der Waals surface area contributed by atoms with Crippen LogP contribution in [-0.4, -0.2) is 9.97 Å². The zero-order valence-electron chi connectivity index (χ0n) is 11.6. The van der Waals surface area contributed by atoms with E-state index in [1.807, 2.05) is 24.3 Å². The van der Waals surface area contributed by atoms with Crippen LogP contribution >= 0.6 is 0 Å². The monoisotopic (exact) mass is 302 g/mol. The van der Waals surface area contributed by atoms with Crippen LogP contribution in [0.3, 0.4) is 0 Å². The number of hydrogen-bond donors (Lipinski definition) is 1. The average Bonchev–Trinajstić information content (AvgIpc) is 3.18. The van der Waals surface area contributed by atoms with Crippen molar-refractivity contribution in [1.29, 1.82) is 0 Å². The lowest BCUT2D eigenvalue weighted by molar-refractivity contribution is -0.137. The van der Waals surface area contributed by atoms with E-state index in [1.54, 1.807) is 12.1 Å². The molecular formula is C17H13F3N2. The molecule has 3 aromatic rings. The first-order valence-corrected chi connectivity index (χ1v) is 7.14. The summed E-state index contributed by atoms with van der Waals surface area (Å²) in [5.74, 6) is 1.44. The summed E-state index contributed by atoms with van der Waals surface area (Å²) in [6.45, 7) is 0. The predicted molar refractivity (Wildman–Crippen MR) is 77.6 cm³/mol. The normalized spacial score (nSPS) is 21.2. The van der Waals surface area contributed by atoms with E-state index in [0.29, 0.717) is 0 Å². The third kappa shape index (κ3) is 2.26. The number of H-pyrrole nitrogens is 1.